The average molecular weight is 477 g/mol. The van der Waals surface area contributed by atoms with Crippen LogP contribution in [-0.4, -0.2) is 67.9 Å². The Kier molecular flexibility index (Phi) is 6.23. The fourth-order valence-corrected chi connectivity index (χ4v) is 3.83. The second-order valence-corrected chi connectivity index (χ2v) is 8.41. The van der Waals surface area contributed by atoms with Crippen LogP contribution in [0.4, 0.5) is 20.7 Å². The van der Waals surface area contributed by atoms with Gasteiger partial charge in [-0.2, -0.15) is 9.78 Å². The van der Waals surface area contributed by atoms with Crippen molar-refractivity contribution in [1.82, 2.24) is 34.9 Å². The third kappa shape index (κ3) is 4.90. The van der Waals surface area contributed by atoms with Crippen LogP contribution in [0.25, 0.3) is 22.3 Å². The molecule has 10 nitrogen and oxygen atoms in total. The number of halogens is 1. The number of ether oxygens (including phenoxy) is 1. The van der Waals surface area contributed by atoms with Crippen LogP contribution in [0.15, 0.2) is 49.1 Å². The minimum Gasteiger partial charge on any atom is -0.489 e. The molecule has 5 rings (SSSR count). The molecule has 3 aromatic heterocycles. The molecule has 1 aromatic carbocycles. The van der Waals surface area contributed by atoms with Crippen molar-refractivity contribution in [3.8, 4) is 17.0 Å². The lowest BCUT2D eigenvalue weighted by Gasteiger charge is -2.26. The maximum atomic E-state index is 13.8. The van der Waals surface area contributed by atoms with Gasteiger partial charge in [-0.25, -0.2) is 24.1 Å². The van der Waals surface area contributed by atoms with E-state index in [4.69, 9.17) is 9.72 Å². The molecular weight excluding hydrogens is 451 g/mol. The van der Waals surface area contributed by atoms with Crippen LogP contribution in [0.1, 0.15) is 13.8 Å². The molecular formula is C24H25FN8O2. The fourth-order valence-electron chi connectivity index (χ4n) is 3.83. The summed E-state index contributed by atoms with van der Waals surface area (Å²) in [5, 5.41) is 10.7. The summed E-state index contributed by atoms with van der Waals surface area (Å²) in [6.07, 6.45) is 4.58. The summed E-state index contributed by atoms with van der Waals surface area (Å²) in [5.41, 5.74) is 3.01. The second kappa shape index (κ2) is 9.63. The number of nitrogens with one attached hydrogen (secondary N) is 2. The third-order valence-corrected chi connectivity index (χ3v) is 5.50. The molecule has 1 fully saturated rings. The van der Waals surface area contributed by atoms with Crippen molar-refractivity contribution in [2.24, 2.45) is 0 Å². The standard InChI is InChI=1S/C24H25FN8O2/c1-15(2)35-21-11-17(25)3-4-19(21)31-23-22-20(27-14-28-23)6-5-18(30-22)16-12-29-33(13-16)24(34)32-9-7-26-8-10-32/h3-6,11-15,26H,7-10H2,1-2H3,(H,27,28,31). The summed E-state index contributed by atoms with van der Waals surface area (Å²) in [7, 11) is 0. The van der Waals surface area contributed by atoms with Crippen LogP contribution in [0.5, 0.6) is 5.75 Å². The van der Waals surface area contributed by atoms with E-state index in [9.17, 15) is 9.18 Å². The number of benzene rings is 1. The van der Waals surface area contributed by atoms with Gasteiger partial charge in [0.25, 0.3) is 0 Å². The van der Waals surface area contributed by atoms with Gasteiger partial charge >= 0.3 is 6.03 Å². The zero-order chi connectivity index (χ0) is 24.4. The van der Waals surface area contributed by atoms with Crippen molar-refractivity contribution in [2.75, 3.05) is 31.5 Å². The number of hydrogen-bond donors (Lipinski definition) is 2. The minimum atomic E-state index is -0.397. The van der Waals surface area contributed by atoms with Gasteiger partial charge in [-0.1, -0.05) is 0 Å². The highest BCUT2D eigenvalue weighted by Gasteiger charge is 2.19. The van der Waals surface area contributed by atoms with Crippen molar-refractivity contribution in [3.05, 3.63) is 54.9 Å². The van der Waals surface area contributed by atoms with E-state index >= 15 is 0 Å². The first-order valence-electron chi connectivity index (χ1n) is 11.4. The highest BCUT2D eigenvalue weighted by Crippen LogP contribution is 2.31. The molecule has 180 valence electrons. The van der Waals surface area contributed by atoms with E-state index in [0.717, 1.165) is 13.1 Å². The lowest BCUT2D eigenvalue weighted by Crippen LogP contribution is -2.48. The molecule has 0 atom stereocenters. The van der Waals surface area contributed by atoms with Gasteiger partial charge in [-0.15, -0.1) is 0 Å². The summed E-state index contributed by atoms with van der Waals surface area (Å²) in [4.78, 5) is 27.9. The molecule has 1 aliphatic heterocycles. The summed E-state index contributed by atoms with van der Waals surface area (Å²) in [6.45, 7) is 6.55. The molecule has 2 N–H and O–H groups in total. The topological polar surface area (TPSA) is 110 Å². The molecule has 0 unspecified atom stereocenters. The number of pyridine rings is 1. The van der Waals surface area contributed by atoms with E-state index < -0.39 is 5.82 Å². The summed E-state index contributed by atoms with van der Waals surface area (Å²) in [6, 6.07) is 7.75. The van der Waals surface area contributed by atoms with E-state index in [-0.39, 0.29) is 12.1 Å². The van der Waals surface area contributed by atoms with E-state index in [1.165, 1.54) is 23.1 Å². The largest absolute Gasteiger partial charge is 0.489 e. The number of piperazine rings is 1. The Morgan fingerprint density at radius 2 is 2.00 bits per heavy atom. The smallest absolute Gasteiger partial charge is 0.344 e. The molecule has 0 saturated carbocycles. The SMILES string of the molecule is CC(C)Oc1cc(F)ccc1Nc1ncnc2ccc(-c3cnn(C(=O)N4CCNCC4)c3)nc12. The lowest BCUT2D eigenvalue weighted by atomic mass is 10.2. The lowest BCUT2D eigenvalue weighted by molar-refractivity contribution is 0.188. The molecule has 0 radical (unpaired) electrons. The first-order chi connectivity index (χ1) is 17.0. The number of rotatable bonds is 5. The first-order valence-corrected chi connectivity index (χ1v) is 11.4. The average Bonchev–Trinajstić information content (AvgIpc) is 3.36. The summed E-state index contributed by atoms with van der Waals surface area (Å²) in [5.74, 6) is 0.420. The number of amides is 1. The Morgan fingerprint density at radius 3 is 2.80 bits per heavy atom. The Bertz CT molecular complexity index is 1370. The van der Waals surface area contributed by atoms with Crippen LogP contribution < -0.4 is 15.4 Å². The maximum Gasteiger partial charge on any atom is 0.344 e. The highest BCUT2D eigenvalue weighted by molar-refractivity contribution is 5.89. The Morgan fingerprint density at radius 1 is 1.17 bits per heavy atom. The quantitative estimate of drug-likeness (QED) is 0.451. The van der Waals surface area contributed by atoms with Gasteiger partial charge in [0.15, 0.2) is 5.82 Å². The van der Waals surface area contributed by atoms with Crippen molar-refractivity contribution < 1.29 is 13.9 Å². The van der Waals surface area contributed by atoms with Gasteiger partial charge in [0.1, 0.15) is 23.4 Å². The third-order valence-electron chi connectivity index (χ3n) is 5.50. The number of aromatic nitrogens is 5. The molecule has 35 heavy (non-hydrogen) atoms. The Hall–Kier alpha value is -4.12. The first kappa shape index (κ1) is 22.7. The van der Waals surface area contributed by atoms with Crippen molar-refractivity contribution in [2.45, 2.75) is 20.0 Å². The predicted octanol–water partition coefficient (Wildman–Crippen LogP) is 3.43. The van der Waals surface area contributed by atoms with Crippen LogP contribution in [-0.2, 0) is 0 Å². The van der Waals surface area contributed by atoms with Crippen LogP contribution >= 0.6 is 0 Å². The summed E-state index contributed by atoms with van der Waals surface area (Å²) < 4.78 is 20.9. The molecule has 11 heteroatoms. The number of anilines is 2. The van der Waals surface area contributed by atoms with Gasteiger partial charge in [-0.3, -0.25) is 0 Å². The Balaban J connectivity index is 1.46. The molecule has 0 spiro atoms. The second-order valence-electron chi connectivity index (χ2n) is 8.41. The maximum absolute atomic E-state index is 13.8. The van der Waals surface area contributed by atoms with E-state index in [1.807, 2.05) is 26.0 Å². The van der Waals surface area contributed by atoms with Crippen LogP contribution in [0.2, 0.25) is 0 Å². The predicted molar refractivity (Wildman–Crippen MR) is 129 cm³/mol. The van der Waals surface area contributed by atoms with Gasteiger partial charge in [0, 0.05) is 44.0 Å². The van der Waals surface area contributed by atoms with Crippen LogP contribution in [0.3, 0.4) is 0 Å². The number of nitrogens with zero attached hydrogens (tertiary/aromatic N) is 6. The van der Waals surface area contributed by atoms with Crippen LogP contribution in [0, 0.1) is 5.82 Å². The number of hydrogen-bond acceptors (Lipinski definition) is 8. The Labute approximate surface area is 201 Å². The van der Waals surface area contributed by atoms with Crippen molar-refractivity contribution in [3.63, 3.8) is 0 Å². The normalized spacial score (nSPS) is 13.9. The van der Waals surface area contributed by atoms with Crippen molar-refractivity contribution in [1.29, 1.82) is 0 Å². The molecule has 0 aliphatic carbocycles. The highest BCUT2D eigenvalue weighted by atomic mass is 19.1. The molecule has 1 amide bonds. The molecule has 1 aliphatic rings. The van der Waals surface area contributed by atoms with E-state index in [1.54, 1.807) is 23.4 Å². The van der Waals surface area contributed by atoms with Gasteiger partial charge in [0.2, 0.25) is 0 Å². The molecule has 0 bridgehead atoms. The van der Waals surface area contributed by atoms with E-state index in [0.29, 0.717) is 52.6 Å². The minimum absolute atomic E-state index is 0.135. The fraction of sp³-hybridized carbons (Fsp3) is 0.292. The molecule has 4 heterocycles. The van der Waals surface area contributed by atoms with E-state index in [2.05, 4.69) is 25.7 Å². The zero-order valence-corrected chi connectivity index (χ0v) is 19.4. The van der Waals surface area contributed by atoms with Gasteiger partial charge < -0.3 is 20.3 Å². The molecule has 4 aromatic rings. The number of carbonyl (C=O) groups excluding carboxylic acids is 1. The van der Waals surface area contributed by atoms with Gasteiger partial charge in [0.05, 0.1) is 29.2 Å². The summed E-state index contributed by atoms with van der Waals surface area (Å²) >= 11 is 0. The zero-order valence-electron chi connectivity index (χ0n) is 19.4. The molecule has 1 saturated heterocycles. The van der Waals surface area contributed by atoms with Crippen molar-refractivity contribution >= 4 is 28.6 Å². The number of carbonyl (C=O) groups is 1. The van der Waals surface area contributed by atoms with Gasteiger partial charge in [-0.05, 0) is 38.1 Å². The number of fused-ring (bicyclic) bond motifs is 1. The monoisotopic (exact) mass is 476 g/mol.